The van der Waals surface area contributed by atoms with Gasteiger partial charge in [-0.1, -0.05) is 18.2 Å². The van der Waals surface area contributed by atoms with Gasteiger partial charge in [0.2, 0.25) is 5.91 Å². The lowest BCUT2D eigenvalue weighted by Gasteiger charge is -2.33. The molecule has 4 rings (SSSR count). The number of nitrogens with zero attached hydrogens (tertiary/aromatic N) is 5. The van der Waals surface area contributed by atoms with Crippen molar-refractivity contribution in [1.29, 1.82) is 0 Å². The highest BCUT2D eigenvalue weighted by Gasteiger charge is 2.35. The van der Waals surface area contributed by atoms with Gasteiger partial charge in [0.1, 0.15) is 17.3 Å². The molecular formula is C24H27F3N8O3. The van der Waals surface area contributed by atoms with E-state index in [-0.39, 0.29) is 40.4 Å². The van der Waals surface area contributed by atoms with Gasteiger partial charge in [-0.3, -0.25) is 20.1 Å². The molecule has 1 aliphatic rings. The van der Waals surface area contributed by atoms with E-state index in [0.717, 1.165) is 6.07 Å². The van der Waals surface area contributed by atoms with Gasteiger partial charge in [0.05, 0.1) is 23.5 Å². The van der Waals surface area contributed by atoms with Crippen LogP contribution in [-0.4, -0.2) is 71.0 Å². The summed E-state index contributed by atoms with van der Waals surface area (Å²) in [6.07, 6.45) is -4.61. The summed E-state index contributed by atoms with van der Waals surface area (Å²) in [6, 6.07) is 11.2. The molecule has 0 saturated carbocycles. The van der Waals surface area contributed by atoms with Crippen LogP contribution in [0.15, 0.2) is 48.5 Å². The van der Waals surface area contributed by atoms with Crippen LogP contribution in [0.25, 0.3) is 11.3 Å². The van der Waals surface area contributed by atoms with E-state index in [4.69, 9.17) is 16.1 Å². The third-order valence-corrected chi connectivity index (χ3v) is 5.92. The van der Waals surface area contributed by atoms with Crippen LogP contribution >= 0.6 is 0 Å². The molecule has 3 heterocycles. The number of nitrogens with one attached hydrogen (secondary N) is 2. The maximum atomic E-state index is 13.9. The Kier molecular flexibility index (Phi) is 7.85. The summed E-state index contributed by atoms with van der Waals surface area (Å²) in [6.45, 7) is 1.71. The molecule has 0 spiro atoms. The van der Waals surface area contributed by atoms with Crippen molar-refractivity contribution in [3.63, 3.8) is 0 Å². The zero-order valence-electron chi connectivity index (χ0n) is 20.4. The predicted molar refractivity (Wildman–Crippen MR) is 136 cm³/mol. The van der Waals surface area contributed by atoms with Crippen molar-refractivity contribution in [1.82, 2.24) is 14.9 Å². The average molecular weight is 533 g/mol. The molecule has 1 aliphatic heterocycles. The smallest absolute Gasteiger partial charge is 0.382 e. The van der Waals surface area contributed by atoms with Gasteiger partial charge in [-0.15, -0.1) is 5.23 Å². The van der Waals surface area contributed by atoms with Crippen LogP contribution in [-0.2, 0) is 11.0 Å². The normalized spacial score (nSPS) is 14.5. The Morgan fingerprint density at radius 1 is 1.00 bits per heavy atom. The van der Waals surface area contributed by atoms with Crippen LogP contribution in [0.1, 0.15) is 5.56 Å². The van der Waals surface area contributed by atoms with Crippen molar-refractivity contribution in [2.24, 2.45) is 0 Å². The molecule has 0 aliphatic carbocycles. The van der Waals surface area contributed by atoms with E-state index in [1.54, 1.807) is 19.2 Å². The van der Waals surface area contributed by atoms with Gasteiger partial charge in [0.25, 0.3) is 0 Å². The number of rotatable bonds is 8. The van der Waals surface area contributed by atoms with Crippen molar-refractivity contribution < 1.29 is 28.4 Å². The van der Waals surface area contributed by atoms with E-state index in [1.807, 2.05) is 4.90 Å². The van der Waals surface area contributed by atoms with E-state index in [9.17, 15) is 18.0 Å². The lowest BCUT2D eigenvalue weighted by molar-refractivity contribution is -0.137. The van der Waals surface area contributed by atoms with Gasteiger partial charge < -0.3 is 21.3 Å². The molecule has 11 nitrogen and oxygen atoms in total. The number of pyridine rings is 2. The molecule has 0 atom stereocenters. The van der Waals surface area contributed by atoms with Crippen LogP contribution in [0.4, 0.5) is 42.0 Å². The van der Waals surface area contributed by atoms with Crippen molar-refractivity contribution in [2.45, 2.75) is 6.18 Å². The minimum atomic E-state index is -4.61. The predicted octanol–water partition coefficient (Wildman–Crippen LogP) is 3.13. The van der Waals surface area contributed by atoms with Gasteiger partial charge >= 0.3 is 6.18 Å². The fourth-order valence-electron chi connectivity index (χ4n) is 4.06. The number of piperazine rings is 1. The zero-order valence-corrected chi connectivity index (χ0v) is 20.4. The van der Waals surface area contributed by atoms with E-state index < -0.39 is 11.7 Å². The van der Waals surface area contributed by atoms with Crippen LogP contribution < -0.4 is 26.5 Å². The number of carbonyl (C=O) groups is 1. The molecule has 1 aromatic carbocycles. The molecule has 3 aromatic rings. The second-order valence-corrected chi connectivity index (χ2v) is 8.63. The Balaban J connectivity index is 1.57. The number of hydrogen-bond acceptors (Lipinski definition) is 10. The molecule has 0 radical (unpaired) electrons. The van der Waals surface area contributed by atoms with E-state index in [2.05, 4.69) is 20.6 Å². The second kappa shape index (κ2) is 11.1. The van der Waals surface area contributed by atoms with E-state index >= 15 is 0 Å². The number of likely N-dealkylation sites (N-methyl/N-ethyl adjacent to an activating group) is 1. The van der Waals surface area contributed by atoms with Crippen molar-refractivity contribution in [3.05, 3.63) is 54.1 Å². The first kappa shape index (κ1) is 26.9. The Bertz CT molecular complexity index is 1310. The Morgan fingerprint density at radius 2 is 1.66 bits per heavy atom. The van der Waals surface area contributed by atoms with Crippen molar-refractivity contribution >= 4 is 34.7 Å². The third-order valence-electron chi connectivity index (χ3n) is 5.92. The van der Waals surface area contributed by atoms with E-state index in [0.29, 0.717) is 43.5 Å². The molecule has 14 heteroatoms. The maximum Gasteiger partial charge on any atom is 0.417 e. The second-order valence-electron chi connectivity index (χ2n) is 8.63. The van der Waals surface area contributed by atoms with Crippen LogP contribution in [0.3, 0.4) is 0 Å². The summed E-state index contributed by atoms with van der Waals surface area (Å²) < 4.78 is 41.6. The zero-order chi connectivity index (χ0) is 27.4. The van der Waals surface area contributed by atoms with Gasteiger partial charge in [-0.25, -0.2) is 9.97 Å². The molecule has 0 bridgehead atoms. The summed E-state index contributed by atoms with van der Waals surface area (Å²) in [5.41, 5.74) is 5.00. The Hall–Kier alpha value is -4.14. The third kappa shape index (κ3) is 6.04. The number of alkyl halides is 3. The minimum absolute atomic E-state index is 0.0522. The number of aromatic nitrogens is 2. The van der Waals surface area contributed by atoms with Crippen LogP contribution in [0.5, 0.6) is 0 Å². The highest BCUT2D eigenvalue weighted by Crippen LogP contribution is 2.40. The summed E-state index contributed by atoms with van der Waals surface area (Å²) in [5.74, 6) is 0.380. The number of benzene rings is 1. The first-order chi connectivity index (χ1) is 18.0. The molecule has 2 aromatic heterocycles. The standard InChI is InChI=1S/C24H27F3N8O3/c1-33-12-13-34(21(36)14-33)17-6-8-19(31-22(17)15-4-2-3-5-16(15)24(25,26)27)29-10-11-30-20-9-7-18(35(37)38)23(28)32-20/h2-9,37-38H,10-14H2,1H3,(H,29,31)(H3,28,30,32). The first-order valence-corrected chi connectivity index (χ1v) is 11.6. The molecule has 1 fully saturated rings. The fourth-order valence-corrected chi connectivity index (χ4v) is 4.06. The molecule has 0 unspecified atom stereocenters. The number of nitrogens with two attached hydrogens (primary N) is 1. The summed E-state index contributed by atoms with van der Waals surface area (Å²) in [4.78, 5) is 24.6. The van der Waals surface area contributed by atoms with Crippen molar-refractivity contribution in [2.75, 3.05) is 66.3 Å². The van der Waals surface area contributed by atoms with Crippen LogP contribution in [0.2, 0.25) is 0 Å². The monoisotopic (exact) mass is 532 g/mol. The van der Waals surface area contributed by atoms with Gasteiger partial charge in [0, 0.05) is 31.7 Å². The summed E-state index contributed by atoms with van der Waals surface area (Å²) in [5, 5.41) is 24.1. The molecule has 38 heavy (non-hydrogen) atoms. The van der Waals surface area contributed by atoms with Gasteiger partial charge in [-0.2, -0.15) is 13.2 Å². The number of hydrogen-bond donors (Lipinski definition) is 5. The minimum Gasteiger partial charge on any atom is -0.382 e. The summed E-state index contributed by atoms with van der Waals surface area (Å²) >= 11 is 0. The Labute approximate surface area is 216 Å². The quantitative estimate of drug-likeness (QED) is 0.217. The largest absolute Gasteiger partial charge is 0.417 e. The van der Waals surface area contributed by atoms with E-state index in [1.165, 1.54) is 35.2 Å². The molecule has 6 N–H and O–H groups in total. The lowest BCUT2D eigenvalue weighted by Crippen LogP contribution is -2.49. The molecule has 202 valence electrons. The van der Waals surface area contributed by atoms with Crippen LogP contribution in [0, 0.1) is 0 Å². The number of nitrogen functional groups attached to an aromatic ring is 1. The Morgan fingerprint density at radius 3 is 2.29 bits per heavy atom. The average Bonchev–Trinajstić information content (AvgIpc) is 2.86. The maximum absolute atomic E-state index is 13.9. The SMILES string of the molecule is CN1CCN(c2ccc(NCCNc3ccc(N(O)O)c(N)n3)nc2-c2ccccc2C(F)(F)F)C(=O)C1. The molecule has 1 saturated heterocycles. The van der Waals surface area contributed by atoms with Crippen molar-refractivity contribution in [3.8, 4) is 11.3 Å². The highest BCUT2D eigenvalue weighted by atomic mass is 19.4. The number of anilines is 5. The molecule has 1 amide bonds. The first-order valence-electron chi connectivity index (χ1n) is 11.6. The fraction of sp³-hybridized carbons (Fsp3) is 0.292. The topological polar surface area (TPSA) is 143 Å². The molecular weight excluding hydrogens is 505 g/mol. The summed E-state index contributed by atoms with van der Waals surface area (Å²) in [7, 11) is 1.81. The number of carbonyl (C=O) groups excluding carboxylic acids is 1. The van der Waals surface area contributed by atoms with Gasteiger partial charge in [-0.05, 0) is 37.4 Å². The van der Waals surface area contributed by atoms with Gasteiger partial charge in [0.15, 0.2) is 5.82 Å². The number of amides is 1. The number of halogens is 3. The highest BCUT2D eigenvalue weighted by molar-refractivity contribution is 5.99. The lowest BCUT2D eigenvalue weighted by atomic mass is 10.0.